The number of nitrogens with one attached hydrogen (secondary N) is 1. The Labute approximate surface area is 230 Å². The van der Waals surface area contributed by atoms with Gasteiger partial charge in [-0.05, 0) is 43.3 Å². The van der Waals surface area contributed by atoms with Crippen molar-refractivity contribution < 1.29 is 9.59 Å². The second kappa shape index (κ2) is 8.83. The number of H-pyrrole nitrogens is 1. The number of nitriles is 1. The van der Waals surface area contributed by atoms with Gasteiger partial charge in [-0.1, -0.05) is 30.3 Å². The number of fused-ring (bicyclic) bond motifs is 3. The molecule has 1 aliphatic heterocycles. The Morgan fingerprint density at radius 2 is 1.65 bits per heavy atom. The predicted molar refractivity (Wildman–Crippen MR) is 150 cm³/mol. The largest absolute Gasteiger partial charge is 0.298 e. The van der Waals surface area contributed by atoms with Crippen LogP contribution in [0.2, 0.25) is 0 Å². The molecule has 9 nitrogen and oxygen atoms in total. The second-order valence-electron chi connectivity index (χ2n) is 9.43. The summed E-state index contributed by atoms with van der Waals surface area (Å²) in [5.41, 5.74) is 3.48. The van der Waals surface area contributed by atoms with Crippen LogP contribution < -0.4 is 5.56 Å². The van der Waals surface area contributed by atoms with Gasteiger partial charge in [-0.25, -0.2) is 10.1 Å². The fourth-order valence-electron chi connectivity index (χ4n) is 5.24. The number of benzene rings is 3. The quantitative estimate of drug-likeness (QED) is 0.314. The van der Waals surface area contributed by atoms with E-state index < -0.39 is 11.8 Å². The number of aromatic amines is 1. The first-order chi connectivity index (χ1) is 19.5. The van der Waals surface area contributed by atoms with Crippen molar-refractivity contribution in [1.82, 2.24) is 24.6 Å². The van der Waals surface area contributed by atoms with Gasteiger partial charge >= 0.3 is 0 Å². The molecule has 0 bridgehead atoms. The maximum absolute atomic E-state index is 13.0. The number of amides is 2. The highest BCUT2D eigenvalue weighted by atomic mass is 32.1. The van der Waals surface area contributed by atoms with Crippen LogP contribution in [0.25, 0.3) is 37.1 Å². The molecule has 4 heterocycles. The number of carbonyl (C=O) groups is 2. The van der Waals surface area contributed by atoms with Gasteiger partial charge in [-0.3, -0.25) is 23.9 Å². The predicted octanol–water partition coefficient (Wildman–Crippen LogP) is 4.97. The maximum Gasteiger partial charge on any atom is 0.272 e. The van der Waals surface area contributed by atoms with E-state index >= 15 is 0 Å². The van der Waals surface area contributed by atoms with E-state index in [9.17, 15) is 19.6 Å². The number of imidazole rings is 1. The minimum Gasteiger partial charge on any atom is -0.298 e. The van der Waals surface area contributed by atoms with E-state index in [2.05, 4.69) is 21.3 Å². The molecule has 10 heteroatoms. The zero-order valence-electron chi connectivity index (χ0n) is 21.0. The Balaban J connectivity index is 1.37. The summed E-state index contributed by atoms with van der Waals surface area (Å²) >= 11 is 1.52. The number of nitrogens with zero attached hydrogens (tertiary/aromatic N) is 5. The van der Waals surface area contributed by atoms with E-state index in [0.29, 0.717) is 38.8 Å². The summed E-state index contributed by atoms with van der Waals surface area (Å²) in [6.07, 6.45) is 1.68. The Morgan fingerprint density at radius 3 is 2.40 bits per heavy atom. The van der Waals surface area contributed by atoms with Gasteiger partial charge in [-0.15, -0.1) is 11.3 Å². The highest BCUT2D eigenvalue weighted by Crippen LogP contribution is 2.40. The van der Waals surface area contributed by atoms with Crippen LogP contribution in [0.15, 0.2) is 77.9 Å². The Kier molecular flexibility index (Phi) is 5.23. The van der Waals surface area contributed by atoms with Gasteiger partial charge in [-0.2, -0.15) is 10.4 Å². The minimum atomic E-state index is -0.404. The number of thiophene rings is 1. The SMILES string of the molecule is Cc1ncn(-c2ccc3c(=O)[nH]nc(CN4C(=O)c5ccccc5C4=O)c3c2)c1-c1sc2ccccc2c1C#N. The standard InChI is InChI=1S/C30H18N6O3S/c1-16-26(27-23(13-31)18-6-4-5-9-25(18)40-27)36(15-32-16)17-10-11-19-22(12-17)24(33-34-28(19)37)14-35-29(38)20-7-2-3-8-21(20)30(35)39/h2-12,15H,14H2,1H3,(H,34,37). The molecule has 0 radical (unpaired) electrons. The van der Waals surface area contributed by atoms with Crippen LogP contribution in [0.1, 0.15) is 37.7 Å². The smallest absolute Gasteiger partial charge is 0.272 e. The van der Waals surface area contributed by atoms with Crippen molar-refractivity contribution in [3.63, 3.8) is 0 Å². The number of hydrogen-bond donors (Lipinski definition) is 1. The van der Waals surface area contributed by atoms with E-state index in [-0.39, 0.29) is 12.1 Å². The van der Waals surface area contributed by atoms with Gasteiger partial charge in [0, 0.05) is 21.2 Å². The lowest BCUT2D eigenvalue weighted by Gasteiger charge is -2.15. The summed E-state index contributed by atoms with van der Waals surface area (Å²) in [7, 11) is 0. The van der Waals surface area contributed by atoms with Gasteiger partial charge in [0.1, 0.15) is 12.4 Å². The number of aromatic nitrogens is 4. The number of imide groups is 1. The zero-order valence-corrected chi connectivity index (χ0v) is 21.8. The summed E-state index contributed by atoms with van der Waals surface area (Å²) < 4.78 is 2.88. The molecule has 0 atom stereocenters. The van der Waals surface area contributed by atoms with Crippen LogP contribution in [-0.4, -0.2) is 36.5 Å². The van der Waals surface area contributed by atoms with Crippen LogP contribution in [0, 0.1) is 18.3 Å². The number of carbonyl (C=O) groups excluding carboxylic acids is 2. The summed E-state index contributed by atoms with van der Waals surface area (Å²) in [6.45, 7) is 1.78. The van der Waals surface area contributed by atoms with Crippen molar-refractivity contribution in [3.05, 3.63) is 111 Å². The average molecular weight is 543 g/mol. The van der Waals surface area contributed by atoms with Crippen LogP contribution in [0.3, 0.4) is 0 Å². The number of hydrogen-bond acceptors (Lipinski definition) is 7. The van der Waals surface area contributed by atoms with Gasteiger partial charge in [0.25, 0.3) is 17.4 Å². The molecule has 1 aliphatic rings. The molecule has 0 aliphatic carbocycles. The van der Waals surface area contributed by atoms with E-state index in [0.717, 1.165) is 31.3 Å². The normalized spacial score (nSPS) is 12.8. The average Bonchev–Trinajstić information content (AvgIpc) is 3.62. The maximum atomic E-state index is 13.0. The van der Waals surface area contributed by atoms with E-state index in [1.54, 1.807) is 48.8 Å². The number of rotatable bonds is 4. The molecule has 192 valence electrons. The molecule has 0 spiro atoms. The molecule has 6 aromatic rings. The van der Waals surface area contributed by atoms with Crippen molar-refractivity contribution in [2.75, 3.05) is 0 Å². The first kappa shape index (κ1) is 23.7. The Bertz CT molecular complexity index is 2110. The van der Waals surface area contributed by atoms with Crippen molar-refractivity contribution in [2.45, 2.75) is 13.5 Å². The molecular weight excluding hydrogens is 524 g/mol. The van der Waals surface area contributed by atoms with Crippen molar-refractivity contribution >= 4 is 44.0 Å². The molecule has 7 rings (SSSR count). The third-order valence-corrected chi connectivity index (χ3v) is 8.37. The van der Waals surface area contributed by atoms with Crippen molar-refractivity contribution in [1.29, 1.82) is 5.26 Å². The van der Waals surface area contributed by atoms with Crippen LogP contribution >= 0.6 is 11.3 Å². The molecule has 1 N–H and O–H groups in total. The Morgan fingerprint density at radius 1 is 0.925 bits per heavy atom. The minimum absolute atomic E-state index is 0.103. The van der Waals surface area contributed by atoms with E-state index in [1.165, 1.54) is 11.3 Å². The first-order valence-corrected chi connectivity index (χ1v) is 13.2. The fraction of sp³-hybridized carbons (Fsp3) is 0.0667. The molecule has 0 fully saturated rings. The van der Waals surface area contributed by atoms with Gasteiger partial charge < -0.3 is 0 Å². The lowest BCUT2D eigenvalue weighted by molar-refractivity contribution is 0.0640. The highest BCUT2D eigenvalue weighted by Gasteiger charge is 2.35. The van der Waals surface area contributed by atoms with Gasteiger partial charge in [0.05, 0.1) is 50.6 Å². The van der Waals surface area contributed by atoms with E-state index in [1.807, 2.05) is 35.8 Å². The Hall–Kier alpha value is -5.40. The van der Waals surface area contributed by atoms with Gasteiger partial charge in [0.2, 0.25) is 0 Å². The summed E-state index contributed by atoms with van der Waals surface area (Å²) in [6, 6.07) is 22.1. The molecule has 0 saturated heterocycles. The van der Waals surface area contributed by atoms with E-state index in [4.69, 9.17) is 0 Å². The monoisotopic (exact) mass is 542 g/mol. The van der Waals surface area contributed by atoms with Crippen LogP contribution in [-0.2, 0) is 6.54 Å². The summed E-state index contributed by atoms with van der Waals surface area (Å²) in [5.74, 6) is -0.807. The molecular formula is C30H18N6O3S. The number of aryl methyl sites for hydroxylation is 1. The lowest BCUT2D eigenvalue weighted by Crippen LogP contribution is -2.30. The van der Waals surface area contributed by atoms with Gasteiger partial charge in [0.15, 0.2) is 0 Å². The highest BCUT2D eigenvalue weighted by molar-refractivity contribution is 7.22. The van der Waals surface area contributed by atoms with Crippen molar-refractivity contribution in [3.8, 4) is 22.3 Å². The molecule has 2 amide bonds. The molecule has 3 aromatic carbocycles. The zero-order chi connectivity index (χ0) is 27.5. The van der Waals surface area contributed by atoms with Crippen LogP contribution in [0.5, 0.6) is 0 Å². The van der Waals surface area contributed by atoms with Crippen molar-refractivity contribution in [2.24, 2.45) is 0 Å². The summed E-state index contributed by atoms with van der Waals surface area (Å²) in [5, 5.41) is 18.5. The molecule has 0 saturated carbocycles. The third kappa shape index (κ3) is 3.42. The molecule has 3 aromatic heterocycles. The summed E-state index contributed by atoms with van der Waals surface area (Å²) in [4.78, 5) is 45.2. The second-order valence-corrected chi connectivity index (χ2v) is 10.5. The molecule has 0 unspecified atom stereocenters. The van der Waals surface area contributed by atoms with Crippen LogP contribution in [0.4, 0.5) is 0 Å². The topological polar surface area (TPSA) is 125 Å². The first-order valence-electron chi connectivity index (χ1n) is 12.4. The third-order valence-electron chi connectivity index (χ3n) is 7.19. The lowest BCUT2D eigenvalue weighted by atomic mass is 10.1. The molecule has 40 heavy (non-hydrogen) atoms. The fourth-order valence-corrected chi connectivity index (χ4v) is 6.49.